The Balaban J connectivity index is 1.40. The lowest BCUT2D eigenvalue weighted by Gasteiger charge is -1.96. The first-order valence-electron chi connectivity index (χ1n) is 8.22. The molecule has 2 aliphatic rings. The van der Waals surface area contributed by atoms with E-state index in [0.717, 1.165) is 37.9 Å². The molecule has 2 aliphatic heterocycles. The van der Waals surface area contributed by atoms with Crippen LogP contribution in [0.4, 0.5) is 0 Å². The van der Waals surface area contributed by atoms with Gasteiger partial charge >= 0.3 is 0 Å². The van der Waals surface area contributed by atoms with Crippen LogP contribution in [0.15, 0.2) is 45.0 Å². The SMILES string of the molecule is c1sc(-c2ccc(-c3cc(C4=NCCN4)cs3)s2)cc1C1=NCCN1. The Kier molecular flexibility index (Phi) is 3.92. The van der Waals surface area contributed by atoms with E-state index < -0.39 is 0 Å². The maximum absolute atomic E-state index is 4.51. The highest BCUT2D eigenvalue weighted by Gasteiger charge is 2.15. The number of hydrogen-bond acceptors (Lipinski definition) is 7. The number of nitrogens with zero attached hydrogens (tertiary/aromatic N) is 2. The molecule has 7 heteroatoms. The Labute approximate surface area is 158 Å². The molecule has 0 aromatic carbocycles. The van der Waals surface area contributed by atoms with Crippen LogP contribution in [0.25, 0.3) is 19.5 Å². The molecule has 0 aliphatic carbocycles. The molecule has 126 valence electrons. The summed E-state index contributed by atoms with van der Waals surface area (Å²) in [5.41, 5.74) is 2.41. The number of amidine groups is 2. The fraction of sp³-hybridized carbons (Fsp3) is 0.222. The van der Waals surface area contributed by atoms with Crippen molar-refractivity contribution < 1.29 is 0 Å². The number of hydrogen-bond donors (Lipinski definition) is 2. The van der Waals surface area contributed by atoms with E-state index in [9.17, 15) is 0 Å². The van der Waals surface area contributed by atoms with Crippen molar-refractivity contribution in [2.45, 2.75) is 0 Å². The molecule has 0 amide bonds. The van der Waals surface area contributed by atoms with E-state index in [1.807, 2.05) is 11.3 Å². The summed E-state index contributed by atoms with van der Waals surface area (Å²) in [6, 6.07) is 8.94. The predicted molar refractivity (Wildman–Crippen MR) is 110 cm³/mol. The number of nitrogens with one attached hydrogen (secondary N) is 2. The van der Waals surface area contributed by atoms with Crippen LogP contribution in [0.5, 0.6) is 0 Å². The van der Waals surface area contributed by atoms with Gasteiger partial charge in [-0.15, -0.1) is 34.0 Å². The van der Waals surface area contributed by atoms with Gasteiger partial charge in [0.2, 0.25) is 0 Å². The van der Waals surface area contributed by atoms with E-state index in [2.05, 4.69) is 55.6 Å². The highest BCUT2D eigenvalue weighted by atomic mass is 32.1. The largest absolute Gasteiger partial charge is 0.368 e. The van der Waals surface area contributed by atoms with Crippen LogP contribution in [0.3, 0.4) is 0 Å². The van der Waals surface area contributed by atoms with E-state index in [-0.39, 0.29) is 0 Å². The summed E-state index contributed by atoms with van der Waals surface area (Å²) in [5, 5.41) is 11.1. The third-order valence-electron chi connectivity index (χ3n) is 4.19. The van der Waals surface area contributed by atoms with Crippen molar-refractivity contribution in [1.29, 1.82) is 0 Å². The van der Waals surface area contributed by atoms with E-state index in [1.54, 1.807) is 22.7 Å². The molecule has 0 fully saturated rings. The van der Waals surface area contributed by atoms with Crippen LogP contribution in [-0.2, 0) is 0 Å². The van der Waals surface area contributed by atoms with Gasteiger partial charge in [0, 0.05) is 54.5 Å². The maximum Gasteiger partial charge on any atom is 0.129 e. The molecule has 0 spiro atoms. The first-order valence-corrected chi connectivity index (χ1v) is 10.8. The van der Waals surface area contributed by atoms with Gasteiger partial charge in [-0.05, 0) is 24.3 Å². The second-order valence-electron chi connectivity index (χ2n) is 5.88. The monoisotopic (exact) mass is 384 g/mol. The molecule has 5 heterocycles. The lowest BCUT2D eigenvalue weighted by Crippen LogP contribution is -2.18. The van der Waals surface area contributed by atoms with E-state index >= 15 is 0 Å². The minimum atomic E-state index is 0.879. The predicted octanol–water partition coefficient (Wildman–Crippen LogP) is 3.90. The zero-order valence-corrected chi connectivity index (χ0v) is 15.9. The summed E-state index contributed by atoms with van der Waals surface area (Å²) in [4.78, 5) is 14.3. The van der Waals surface area contributed by atoms with Gasteiger partial charge in [0.05, 0.1) is 13.1 Å². The quantitative estimate of drug-likeness (QED) is 0.717. The second kappa shape index (κ2) is 6.40. The number of thiophene rings is 3. The summed E-state index contributed by atoms with van der Waals surface area (Å²) in [7, 11) is 0. The van der Waals surface area contributed by atoms with E-state index in [4.69, 9.17) is 0 Å². The Hall–Kier alpha value is -1.96. The molecule has 0 saturated heterocycles. The molecule has 0 bridgehead atoms. The van der Waals surface area contributed by atoms with Crippen molar-refractivity contribution in [1.82, 2.24) is 10.6 Å². The van der Waals surface area contributed by atoms with Crippen molar-refractivity contribution in [2.24, 2.45) is 9.98 Å². The average molecular weight is 385 g/mol. The van der Waals surface area contributed by atoms with Gasteiger partial charge in [-0.25, -0.2) is 0 Å². The average Bonchev–Trinajstić information content (AvgIpc) is 3.48. The van der Waals surface area contributed by atoms with Gasteiger partial charge in [0.1, 0.15) is 11.7 Å². The van der Waals surface area contributed by atoms with Gasteiger partial charge in [-0.3, -0.25) is 9.98 Å². The summed E-state index contributed by atoms with van der Waals surface area (Å²) >= 11 is 5.43. The van der Waals surface area contributed by atoms with Crippen LogP contribution in [0.1, 0.15) is 11.1 Å². The Morgan fingerprint density at radius 1 is 0.720 bits per heavy atom. The third kappa shape index (κ3) is 2.92. The molecule has 0 unspecified atom stereocenters. The Morgan fingerprint density at radius 3 is 1.68 bits per heavy atom. The normalized spacial score (nSPS) is 16.5. The lowest BCUT2D eigenvalue weighted by atomic mass is 10.2. The zero-order valence-electron chi connectivity index (χ0n) is 13.4. The van der Waals surface area contributed by atoms with Crippen LogP contribution in [0.2, 0.25) is 0 Å². The highest BCUT2D eigenvalue weighted by molar-refractivity contribution is 7.25. The standard InChI is InChI=1S/C18H16N4S3/c1-2-14(16-8-12(10-24-16)18-21-5-6-22-18)25-13(1)15-7-11(9-23-15)17-19-3-4-20-17/h1-2,7-10H,3-6H2,(H,19,20)(H,21,22). The van der Waals surface area contributed by atoms with Gasteiger partial charge < -0.3 is 10.6 Å². The fourth-order valence-corrected chi connectivity index (χ4v) is 5.96. The van der Waals surface area contributed by atoms with Crippen molar-refractivity contribution in [3.63, 3.8) is 0 Å². The molecule has 0 radical (unpaired) electrons. The second-order valence-corrected chi connectivity index (χ2v) is 8.78. The Morgan fingerprint density at radius 2 is 1.24 bits per heavy atom. The number of rotatable bonds is 4. The summed E-state index contributed by atoms with van der Waals surface area (Å²) in [6.45, 7) is 3.66. The maximum atomic E-state index is 4.51. The van der Waals surface area contributed by atoms with Gasteiger partial charge in [0.15, 0.2) is 0 Å². The summed E-state index contributed by atoms with van der Waals surface area (Å²) in [6.07, 6.45) is 0. The van der Waals surface area contributed by atoms with Crippen molar-refractivity contribution in [2.75, 3.05) is 26.2 Å². The summed E-state index contributed by atoms with van der Waals surface area (Å²) < 4.78 is 0. The molecule has 2 N–H and O–H groups in total. The number of aliphatic imine (C=N–C) groups is 2. The molecule has 3 aromatic heterocycles. The molecule has 5 rings (SSSR count). The zero-order chi connectivity index (χ0) is 16.6. The molecular formula is C18H16N4S3. The lowest BCUT2D eigenvalue weighted by molar-refractivity contribution is 0.960. The van der Waals surface area contributed by atoms with Crippen LogP contribution in [-0.4, -0.2) is 37.9 Å². The van der Waals surface area contributed by atoms with Crippen molar-refractivity contribution >= 4 is 45.7 Å². The third-order valence-corrected chi connectivity index (χ3v) is 7.52. The molecule has 25 heavy (non-hydrogen) atoms. The first-order chi connectivity index (χ1) is 12.4. The van der Waals surface area contributed by atoms with Crippen LogP contribution >= 0.6 is 34.0 Å². The molecule has 3 aromatic rings. The molecule has 0 saturated carbocycles. The topological polar surface area (TPSA) is 48.8 Å². The molecule has 0 atom stereocenters. The van der Waals surface area contributed by atoms with Gasteiger partial charge in [-0.2, -0.15) is 0 Å². The minimum absolute atomic E-state index is 0.879. The molecule has 4 nitrogen and oxygen atoms in total. The fourth-order valence-electron chi connectivity index (χ4n) is 2.96. The van der Waals surface area contributed by atoms with E-state index in [0.29, 0.717) is 0 Å². The Bertz CT molecular complexity index is 899. The van der Waals surface area contributed by atoms with E-state index in [1.165, 1.54) is 30.6 Å². The molecular weight excluding hydrogens is 368 g/mol. The van der Waals surface area contributed by atoms with Gasteiger partial charge in [-0.1, -0.05) is 0 Å². The summed E-state index contributed by atoms with van der Waals surface area (Å²) in [5.74, 6) is 2.07. The smallest absolute Gasteiger partial charge is 0.129 e. The van der Waals surface area contributed by atoms with Crippen LogP contribution in [0, 0.1) is 0 Å². The van der Waals surface area contributed by atoms with Crippen molar-refractivity contribution in [3.05, 3.63) is 46.2 Å². The first kappa shape index (κ1) is 15.3. The minimum Gasteiger partial charge on any atom is -0.368 e. The van der Waals surface area contributed by atoms with Gasteiger partial charge in [0.25, 0.3) is 0 Å². The van der Waals surface area contributed by atoms with Crippen LogP contribution < -0.4 is 10.6 Å². The van der Waals surface area contributed by atoms with Crippen molar-refractivity contribution in [3.8, 4) is 19.5 Å². The highest BCUT2D eigenvalue weighted by Crippen LogP contribution is 2.39.